The maximum Gasteiger partial charge on any atom is 0.246 e. The first kappa shape index (κ1) is 21.1. The number of rotatable bonds is 4. The van der Waals surface area contributed by atoms with Crippen molar-refractivity contribution >= 4 is 17.7 Å². The van der Waals surface area contributed by atoms with E-state index in [1.165, 1.54) is 0 Å². The van der Waals surface area contributed by atoms with Gasteiger partial charge in [-0.05, 0) is 37.0 Å². The number of hydrogen-bond acceptors (Lipinski definition) is 3. The SMILES string of the molecule is Cc1cccc(CN2CC(=O)N3CCN(C(=O)Cc4ccccc4C)CCC3C2=O)c1. The van der Waals surface area contributed by atoms with Crippen molar-refractivity contribution in [2.45, 2.75) is 39.3 Å². The molecule has 0 saturated carbocycles. The van der Waals surface area contributed by atoms with Crippen molar-refractivity contribution in [2.75, 3.05) is 26.2 Å². The molecule has 0 bridgehead atoms. The molecule has 0 spiro atoms. The molecule has 6 nitrogen and oxygen atoms in total. The molecule has 3 amide bonds. The summed E-state index contributed by atoms with van der Waals surface area (Å²) >= 11 is 0. The Balaban J connectivity index is 1.43. The van der Waals surface area contributed by atoms with E-state index in [1.807, 2.05) is 62.4 Å². The van der Waals surface area contributed by atoms with Crippen molar-refractivity contribution in [1.82, 2.24) is 14.7 Å². The average molecular weight is 420 g/mol. The molecule has 2 heterocycles. The maximum absolute atomic E-state index is 13.2. The van der Waals surface area contributed by atoms with Gasteiger partial charge >= 0.3 is 0 Å². The largest absolute Gasteiger partial charge is 0.341 e. The highest BCUT2D eigenvalue weighted by atomic mass is 16.2. The number of piperazine rings is 1. The number of nitrogens with zero attached hydrogens (tertiary/aromatic N) is 3. The predicted molar refractivity (Wildman–Crippen MR) is 118 cm³/mol. The lowest BCUT2D eigenvalue weighted by molar-refractivity contribution is -0.156. The van der Waals surface area contributed by atoms with Gasteiger partial charge in [0.1, 0.15) is 12.6 Å². The molecule has 2 saturated heterocycles. The van der Waals surface area contributed by atoms with Gasteiger partial charge in [-0.3, -0.25) is 14.4 Å². The summed E-state index contributed by atoms with van der Waals surface area (Å²) in [5, 5.41) is 0. The molecule has 2 aliphatic heterocycles. The highest BCUT2D eigenvalue weighted by Gasteiger charge is 2.41. The monoisotopic (exact) mass is 419 g/mol. The lowest BCUT2D eigenvalue weighted by atomic mass is 10.0. The van der Waals surface area contributed by atoms with Crippen LogP contribution in [0.15, 0.2) is 48.5 Å². The van der Waals surface area contributed by atoms with Gasteiger partial charge in [-0.1, -0.05) is 54.1 Å². The summed E-state index contributed by atoms with van der Waals surface area (Å²) in [4.78, 5) is 44.1. The van der Waals surface area contributed by atoms with Crippen molar-refractivity contribution in [2.24, 2.45) is 0 Å². The zero-order valence-electron chi connectivity index (χ0n) is 18.2. The van der Waals surface area contributed by atoms with E-state index < -0.39 is 6.04 Å². The fourth-order valence-electron chi connectivity index (χ4n) is 4.53. The highest BCUT2D eigenvalue weighted by Crippen LogP contribution is 2.22. The Morgan fingerprint density at radius 3 is 2.58 bits per heavy atom. The van der Waals surface area contributed by atoms with Gasteiger partial charge in [0, 0.05) is 26.2 Å². The van der Waals surface area contributed by atoms with Gasteiger partial charge in [-0.2, -0.15) is 0 Å². The Hall–Kier alpha value is -3.15. The van der Waals surface area contributed by atoms with E-state index in [9.17, 15) is 14.4 Å². The van der Waals surface area contributed by atoms with Crippen LogP contribution >= 0.6 is 0 Å². The first-order valence-corrected chi connectivity index (χ1v) is 10.9. The summed E-state index contributed by atoms with van der Waals surface area (Å²) in [7, 11) is 0. The van der Waals surface area contributed by atoms with Crippen LogP contribution in [0.3, 0.4) is 0 Å². The molecule has 1 unspecified atom stereocenters. The number of fused-ring (bicyclic) bond motifs is 1. The lowest BCUT2D eigenvalue weighted by Crippen LogP contribution is -2.59. The van der Waals surface area contributed by atoms with E-state index in [-0.39, 0.29) is 24.3 Å². The second-order valence-corrected chi connectivity index (χ2v) is 8.56. The van der Waals surface area contributed by atoms with Gasteiger partial charge in [0.25, 0.3) is 0 Å². The standard InChI is InChI=1S/C25H29N3O3/c1-18-6-5-8-20(14-18)16-27-17-24(30)28-13-12-26(11-10-22(28)25(27)31)23(29)15-21-9-4-3-7-19(21)2/h3-9,14,22H,10-13,15-17H2,1-2H3. The molecular weight excluding hydrogens is 390 g/mol. The molecule has 1 atom stereocenters. The summed E-state index contributed by atoms with van der Waals surface area (Å²) < 4.78 is 0. The Morgan fingerprint density at radius 1 is 1.00 bits per heavy atom. The van der Waals surface area contributed by atoms with Gasteiger partial charge in [-0.25, -0.2) is 0 Å². The molecular formula is C25H29N3O3. The van der Waals surface area contributed by atoms with Crippen LogP contribution in [0.5, 0.6) is 0 Å². The summed E-state index contributed by atoms with van der Waals surface area (Å²) in [6, 6.07) is 15.4. The molecule has 31 heavy (non-hydrogen) atoms. The molecule has 2 aromatic carbocycles. The van der Waals surface area contributed by atoms with E-state index in [4.69, 9.17) is 0 Å². The van der Waals surface area contributed by atoms with Crippen LogP contribution in [0.2, 0.25) is 0 Å². The Kier molecular flexibility index (Phi) is 6.07. The van der Waals surface area contributed by atoms with Crippen molar-refractivity contribution in [3.05, 3.63) is 70.8 Å². The number of aryl methyl sites for hydroxylation is 2. The lowest BCUT2D eigenvalue weighted by Gasteiger charge is -2.39. The van der Waals surface area contributed by atoms with E-state index in [1.54, 1.807) is 14.7 Å². The Bertz CT molecular complexity index is 1000. The number of amides is 3. The first-order valence-electron chi connectivity index (χ1n) is 10.9. The van der Waals surface area contributed by atoms with Gasteiger partial charge in [0.15, 0.2) is 0 Å². The Morgan fingerprint density at radius 2 is 1.81 bits per heavy atom. The fraction of sp³-hybridized carbons (Fsp3) is 0.400. The van der Waals surface area contributed by atoms with Gasteiger partial charge in [0.2, 0.25) is 17.7 Å². The van der Waals surface area contributed by atoms with E-state index in [0.717, 1.165) is 22.3 Å². The van der Waals surface area contributed by atoms with Crippen molar-refractivity contribution in [3.63, 3.8) is 0 Å². The zero-order chi connectivity index (χ0) is 22.0. The third-order valence-corrected chi connectivity index (χ3v) is 6.31. The maximum atomic E-state index is 13.2. The molecule has 2 fully saturated rings. The fourth-order valence-corrected chi connectivity index (χ4v) is 4.53. The van der Waals surface area contributed by atoms with Crippen LogP contribution in [-0.4, -0.2) is 64.6 Å². The Labute approximate surface area is 183 Å². The van der Waals surface area contributed by atoms with E-state index in [2.05, 4.69) is 0 Å². The number of hydrogen-bond donors (Lipinski definition) is 0. The third-order valence-electron chi connectivity index (χ3n) is 6.31. The van der Waals surface area contributed by atoms with E-state index in [0.29, 0.717) is 39.0 Å². The van der Waals surface area contributed by atoms with Crippen molar-refractivity contribution in [1.29, 1.82) is 0 Å². The summed E-state index contributed by atoms with van der Waals surface area (Å²) in [5.41, 5.74) is 4.27. The minimum absolute atomic E-state index is 0.0192. The normalized spacial score (nSPS) is 19.3. The molecule has 2 aromatic rings. The van der Waals surface area contributed by atoms with Crippen LogP contribution in [0.1, 0.15) is 28.7 Å². The average Bonchev–Trinajstić information content (AvgIpc) is 2.97. The smallest absolute Gasteiger partial charge is 0.246 e. The van der Waals surface area contributed by atoms with Crippen molar-refractivity contribution in [3.8, 4) is 0 Å². The van der Waals surface area contributed by atoms with Crippen LogP contribution in [-0.2, 0) is 27.3 Å². The predicted octanol–water partition coefficient (Wildman–Crippen LogP) is 2.32. The minimum atomic E-state index is -0.484. The summed E-state index contributed by atoms with van der Waals surface area (Å²) in [6.07, 6.45) is 0.827. The van der Waals surface area contributed by atoms with Crippen LogP contribution in [0.25, 0.3) is 0 Å². The van der Waals surface area contributed by atoms with Crippen LogP contribution < -0.4 is 0 Å². The highest BCUT2D eigenvalue weighted by molar-refractivity contribution is 5.95. The molecule has 4 rings (SSSR count). The number of carbonyl (C=O) groups is 3. The van der Waals surface area contributed by atoms with Crippen molar-refractivity contribution < 1.29 is 14.4 Å². The molecule has 6 heteroatoms. The number of carbonyl (C=O) groups excluding carboxylic acids is 3. The second kappa shape index (κ2) is 8.92. The van der Waals surface area contributed by atoms with E-state index >= 15 is 0 Å². The molecule has 2 aliphatic rings. The van der Waals surface area contributed by atoms with Crippen LogP contribution in [0, 0.1) is 13.8 Å². The first-order chi connectivity index (χ1) is 14.9. The van der Waals surface area contributed by atoms with Gasteiger partial charge in [-0.15, -0.1) is 0 Å². The molecule has 0 aliphatic carbocycles. The zero-order valence-corrected chi connectivity index (χ0v) is 18.2. The quantitative estimate of drug-likeness (QED) is 0.764. The molecule has 162 valence electrons. The summed E-state index contributed by atoms with van der Waals surface area (Å²) in [5.74, 6) is -0.00886. The molecule has 0 N–H and O–H groups in total. The van der Waals surface area contributed by atoms with Gasteiger partial charge < -0.3 is 14.7 Å². The minimum Gasteiger partial charge on any atom is -0.341 e. The molecule has 0 radical (unpaired) electrons. The number of benzene rings is 2. The van der Waals surface area contributed by atoms with Crippen LogP contribution in [0.4, 0.5) is 0 Å². The summed E-state index contributed by atoms with van der Waals surface area (Å²) in [6.45, 7) is 5.93. The second-order valence-electron chi connectivity index (χ2n) is 8.56. The molecule has 0 aromatic heterocycles. The topological polar surface area (TPSA) is 60.9 Å². The van der Waals surface area contributed by atoms with Gasteiger partial charge in [0.05, 0.1) is 6.42 Å². The third kappa shape index (κ3) is 4.63.